The number of carbonyl (C=O) groups is 5. The first-order valence-electron chi connectivity index (χ1n) is 13.7. The molecule has 2 aromatic rings. The number of alkyl halides is 3. The van der Waals surface area contributed by atoms with Crippen molar-refractivity contribution in [1.29, 1.82) is 0 Å². The summed E-state index contributed by atoms with van der Waals surface area (Å²) in [5.41, 5.74) is 2.14. The standard InChI is InChI=1S/C29H35F3N4O7/c1-2-3-16-33-28(41)34-17-8-7-11-24(37)35-19-25(38)36-23(18-26(39)42-43-27(40)29(30,31)32)22-14-12-21(13-15-22)20-9-5-4-6-10-20/h4-6,9-10,12-15,23H,2-3,7-8,11,16-19H2,1H3,(H,35,37)(H,36,38)(H2,33,34,41). The average molecular weight is 609 g/mol. The van der Waals surface area contributed by atoms with Crippen molar-refractivity contribution >= 4 is 29.8 Å². The third-order valence-electron chi connectivity index (χ3n) is 5.95. The fraction of sp³-hybridized carbons (Fsp3) is 0.414. The van der Waals surface area contributed by atoms with E-state index in [1.807, 2.05) is 37.3 Å². The van der Waals surface area contributed by atoms with Crippen LogP contribution in [0.1, 0.15) is 57.1 Å². The molecule has 0 spiro atoms. The molecule has 0 aliphatic rings. The molecule has 0 aliphatic carbocycles. The van der Waals surface area contributed by atoms with Crippen LogP contribution in [-0.2, 0) is 29.0 Å². The molecule has 1 unspecified atom stereocenters. The predicted octanol–water partition coefficient (Wildman–Crippen LogP) is 3.85. The zero-order valence-electron chi connectivity index (χ0n) is 23.6. The Bertz CT molecular complexity index is 1210. The summed E-state index contributed by atoms with van der Waals surface area (Å²) in [5, 5.41) is 10.4. The van der Waals surface area contributed by atoms with Crippen LogP contribution in [0.5, 0.6) is 0 Å². The van der Waals surface area contributed by atoms with E-state index in [4.69, 9.17) is 0 Å². The van der Waals surface area contributed by atoms with Crippen LogP contribution in [0, 0.1) is 0 Å². The number of halogens is 3. The number of amides is 4. The van der Waals surface area contributed by atoms with E-state index in [1.54, 1.807) is 24.3 Å². The second-order valence-corrected chi connectivity index (χ2v) is 9.41. The second-order valence-electron chi connectivity index (χ2n) is 9.41. The highest BCUT2D eigenvalue weighted by Crippen LogP contribution is 2.24. The van der Waals surface area contributed by atoms with Gasteiger partial charge in [-0.25, -0.2) is 24.2 Å². The Hall–Kier alpha value is -4.62. The van der Waals surface area contributed by atoms with Crippen molar-refractivity contribution in [3.05, 3.63) is 60.2 Å². The van der Waals surface area contributed by atoms with Crippen LogP contribution in [0.4, 0.5) is 18.0 Å². The fourth-order valence-electron chi connectivity index (χ4n) is 3.69. The minimum absolute atomic E-state index is 0.105. The van der Waals surface area contributed by atoms with E-state index >= 15 is 0 Å². The van der Waals surface area contributed by atoms with E-state index in [-0.39, 0.29) is 12.5 Å². The third-order valence-corrected chi connectivity index (χ3v) is 5.95. The number of nitrogens with one attached hydrogen (secondary N) is 4. The molecule has 14 heteroatoms. The normalized spacial score (nSPS) is 11.5. The van der Waals surface area contributed by atoms with E-state index in [1.165, 1.54) is 0 Å². The minimum atomic E-state index is -5.36. The highest BCUT2D eigenvalue weighted by Gasteiger charge is 2.43. The SMILES string of the molecule is CCCCNC(=O)NCCCCC(=O)NCC(=O)NC(CC(=O)OOC(=O)C(F)(F)F)c1ccc(-c2ccccc2)cc1. The van der Waals surface area contributed by atoms with Gasteiger partial charge < -0.3 is 21.3 Å². The van der Waals surface area contributed by atoms with Crippen molar-refractivity contribution < 1.29 is 46.9 Å². The first-order chi connectivity index (χ1) is 20.5. The van der Waals surface area contributed by atoms with Gasteiger partial charge in [-0.2, -0.15) is 13.2 Å². The maximum atomic E-state index is 12.6. The van der Waals surface area contributed by atoms with Gasteiger partial charge in [0.1, 0.15) is 0 Å². The zero-order chi connectivity index (χ0) is 31.7. The summed E-state index contributed by atoms with van der Waals surface area (Å²) in [6.45, 7) is 2.54. The second kappa shape index (κ2) is 18.0. The Morgan fingerprint density at radius 2 is 1.40 bits per heavy atom. The number of rotatable bonds is 15. The summed E-state index contributed by atoms with van der Waals surface area (Å²) in [4.78, 5) is 66.9. The molecule has 2 aromatic carbocycles. The van der Waals surface area contributed by atoms with Gasteiger partial charge in [-0.1, -0.05) is 67.9 Å². The van der Waals surface area contributed by atoms with Crippen LogP contribution in [0.15, 0.2) is 54.6 Å². The van der Waals surface area contributed by atoms with E-state index in [9.17, 15) is 37.1 Å². The minimum Gasteiger partial charge on any atom is -0.347 e. The molecule has 4 N–H and O–H groups in total. The molecule has 0 radical (unpaired) electrons. The van der Waals surface area contributed by atoms with Crippen LogP contribution < -0.4 is 21.3 Å². The third kappa shape index (κ3) is 13.7. The molecule has 43 heavy (non-hydrogen) atoms. The van der Waals surface area contributed by atoms with Gasteiger partial charge in [-0.15, -0.1) is 0 Å². The van der Waals surface area contributed by atoms with Gasteiger partial charge in [0.15, 0.2) is 0 Å². The smallest absolute Gasteiger partial charge is 0.347 e. The van der Waals surface area contributed by atoms with Gasteiger partial charge in [0.25, 0.3) is 0 Å². The van der Waals surface area contributed by atoms with Crippen LogP contribution in [0.2, 0.25) is 0 Å². The van der Waals surface area contributed by atoms with Gasteiger partial charge in [0.05, 0.1) is 19.0 Å². The summed E-state index contributed by atoms with van der Waals surface area (Å²) in [6, 6.07) is 14.6. The lowest BCUT2D eigenvalue weighted by Crippen LogP contribution is -2.39. The fourth-order valence-corrected chi connectivity index (χ4v) is 3.69. The highest BCUT2D eigenvalue weighted by molar-refractivity contribution is 5.85. The summed E-state index contributed by atoms with van der Waals surface area (Å²) < 4.78 is 37.1. The van der Waals surface area contributed by atoms with Crippen LogP contribution in [0.25, 0.3) is 11.1 Å². The van der Waals surface area contributed by atoms with Crippen LogP contribution >= 0.6 is 0 Å². The van der Waals surface area contributed by atoms with Crippen LogP contribution in [-0.4, -0.2) is 55.6 Å². The summed E-state index contributed by atoms with van der Waals surface area (Å²) >= 11 is 0. The quantitative estimate of drug-likeness (QED) is 0.136. The molecular formula is C29H35F3N4O7. The van der Waals surface area contributed by atoms with Gasteiger partial charge in [-0.05, 0) is 36.0 Å². The molecule has 0 saturated heterocycles. The Balaban J connectivity index is 1.89. The molecule has 234 valence electrons. The molecule has 0 aromatic heterocycles. The Morgan fingerprint density at radius 3 is 2.02 bits per heavy atom. The molecular weight excluding hydrogens is 573 g/mol. The summed E-state index contributed by atoms with van der Waals surface area (Å²) in [6.07, 6.45) is -3.08. The lowest BCUT2D eigenvalue weighted by Gasteiger charge is -2.19. The monoisotopic (exact) mass is 608 g/mol. The van der Waals surface area contributed by atoms with Crippen molar-refractivity contribution in [3.63, 3.8) is 0 Å². The van der Waals surface area contributed by atoms with Crippen molar-refractivity contribution in [1.82, 2.24) is 21.3 Å². The van der Waals surface area contributed by atoms with Crippen molar-refractivity contribution in [2.24, 2.45) is 0 Å². The molecule has 0 fully saturated rings. The summed E-state index contributed by atoms with van der Waals surface area (Å²) in [5.74, 6) is -5.14. The molecule has 0 saturated carbocycles. The Kier molecular flexibility index (Phi) is 14.5. The van der Waals surface area contributed by atoms with E-state index < -0.39 is 48.9 Å². The molecule has 0 bridgehead atoms. The first-order valence-corrected chi connectivity index (χ1v) is 13.7. The van der Waals surface area contributed by atoms with Crippen LogP contribution in [0.3, 0.4) is 0 Å². The number of hydrogen-bond acceptors (Lipinski definition) is 7. The highest BCUT2D eigenvalue weighted by atomic mass is 19.4. The predicted molar refractivity (Wildman–Crippen MR) is 149 cm³/mol. The van der Waals surface area contributed by atoms with Crippen molar-refractivity contribution in [2.75, 3.05) is 19.6 Å². The largest absolute Gasteiger partial charge is 0.495 e. The molecule has 2 rings (SSSR count). The molecule has 0 aliphatic heterocycles. The lowest BCUT2D eigenvalue weighted by atomic mass is 9.99. The van der Waals surface area contributed by atoms with E-state index in [0.717, 1.165) is 24.0 Å². The topological polar surface area (TPSA) is 152 Å². The number of urea groups is 1. The van der Waals surface area contributed by atoms with Crippen molar-refractivity contribution in [2.45, 2.75) is 57.7 Å². The molecule has 0 heterocycles. The lowest BCUT2D eigenvalue weighted by molar-refractivity contribution is -0.286. The van der Waals surface area contributed by atoms with Gasteiger partial charge in [0, 0.05) is 19.5 Å². The van der Waals surface area contributed by atoms with Gasteiger partial charge >= 0.3 is 24.1 Å². The Labute approximate surface area is 246 Å². The first kappa shape index (κ1) is 34.6. The molecule has 4 amide bonds. The molecule has 11 nitrogen and oxygen atoms in total. The Morgan fingerprint density at radius 1 is 0.767 bits per heavy atom. The number of hydrogen-bond donors (Lipinski definition) is 4. The number of benzene rings is 2. The average Bonchev–Trinajstić information content (AvgIpc) is 2.98. The van der Waals surface area contributed by atoms with Gasteiger partial charge in [-0.3, -0.25) is 9.59 Å². The molecule has 1 atom stereocenters. The summed E-state index contributed by atoms with van der Waals surface area (Å²) in [7, 11) is 0. The zero-order valence-corrected chi connectivity index (χ0v) is 23.6. The van der Waals surface area contributed by atoms with E-state index in [2.05, 4.69) is 31.0 Å². The number of carbonyl (C=O) groups excluding carboxylic acids is 5. The number of unbranched alkanes of at least 4 members (excludes halogenated alkanes) is 2. The van der Waals surface area contributed by atoms with Gasteiger partial charge in [0.2, 0.25) is 11.8 Å². The van der Waals surface area contributed by atoms with E-state index in [0.29, 0.717) is 31.5 Å². The maximum absolute atomic E-state index is 12.6. The van der Waals surface area contributed by atoms with Crippen molar-refractivity contribution in [3.8, 4) is 11.1 Å². The maximum Gasteiger partial charge on any atom is 0.495 e.